The Hall–Kier alpha value is -0.610. The first-order chi connectivity index (χ1) is 6.63. The van der Waals surface area contributed by atoms with Crippen molar-refractivity contribution in [1.82, 2.24) is 0 Å². The van der Waals surface area contributed by atoms with E-state index in [4.69, 9.17) is 4.74 Å². The molecule has 0 aromatic rings. The van der Waals surface area contributed by atoms with Crippen LogP contribution < -0.4 is 0 Å². The Morgan fingerprint density at radius 2 is 2.29 bits per heavy atom. The van der Waals surface area contributed by atoms with Crippen molar-refractivity contribution < 1.29 is 9.84 Å². The van der Waals surface area contributed by atoms with Gasteiger partial charge in [0.15, 0.2) is 6.40 Å². The maximum atomic E-state index is 9.76. The molecule has 0 spiro atoms. The molecule has 4 heteroatoms. The van der Waals surface area contributed by atoms with Crippen molar-refractivity contribution in [3.63, 3.8) is 0 Å². The average Bonchev–Trinajstić information content (AvgIpc) is 2.19. The highest BCUT2D eigenvalue weighted by Gasteiger charge is 2.11. The van der Waals surface area contributed by atoms with Crippen LogP contribution >= 0.6 is 15.9 Å². The average molecular weight is 260 g/mol. The number of allylic oxidation sites excluding steroid dienone is 2. The van der Waals surface area contributed by atoms with Crippen LogP contribution in [0.4, 0.5) is 0 Å². The third-order valence-corrected chi connectivity index (χ3v) is 3.08. The number of aliphatic hydroxyl groups is 1. The van der Waals surface area contributed by atoms with Crippen LogP contribution in [0.25, 0.3) is 0 Å². The van der Waals surface area contributed by atoms with E-state index in [2.05, 4.69) is 20.9 Å². The fraction of sp³-hybridized carbons (Fsp3) is 0.500. The minimum atomic E-state index is -0.442. The maximum absolute atomic E-state index is 9.76. The molecule has 78 valence electrons. The molecule has 3 nitrogen and oxygen atoms in total. The van der Waals surface area contributed by atoms with E-state index in [0.717, 1.165) is 15.6 Å². The molecule has 1 heterocycles. The third-order valence-electron chi connectivity index (χ3n) is 2.28. The molecule has 0 radical (unpaired) electrons. The second-order valence-electron chi connectivity index (χ2n) is 3.21. The lowest BCUT2D eigenvalue weighted by molar-refractivity contribution is 0.167. The van der Waals surface area contributed by atoms with Crippen LogP contribution in [-0.2, 0) is 4.74 Å². The van der Waals surface area contributed by atoms with Gasteiger partial charge in [-0.15, -0.1) is 0 Å². The summed E-state index contributed by atoms with van der Waals surface area (Å²) in [4.78, 5) is 3.95. The van der Waals surface area contributed by atoms with Crippen molar-refractivity contribution >= 4 is 22.3 Å². The summed E-state index contributed by atoms with van der Waals surface area (Å²) in [6.07, 6.45) is 3.20. The van der Waals surface area contributed by atoms with Gasteiger partial charge in [0.2, 0.25) is 0 Å². The molecule has 1 unspecified atom stereocenters. The van der Waals surface area contributed by atoms with Crippen LogP contribution in [0.15, 0.2) is 26.8 Å². The summed E-state index contributed by atoms with van der Waals surface area (Å²) < 4.78 is 5.94. The van der Waals surface area contributed by atoms with Crippen molar-refractivity contribution in [2.45, 2.75) is 26.4 Å². The number of nitrogens with zero attached hydrogens (tertiary/aromatic N) is 1. The number of aliphatic imine (C=N–C) groups is 1. The van der Waals surface area contributed by atoms with E-state index in [9.17, 15) is 5.11 Å². The van der Waals surface area contributed by atoms with Crippen LogP contribution in [-0.4, -0.2) is 24.2 Å². The van der Waals surface area contributed by atoms with E-state index in [1.807, 2.05) is 13.8 Å². The van der Waals surface area contributed by atoms with Crippen LogP contribution in [0.1, 0.15) is 20.3 Å². The smallest absolute Gasteiger partial charge is 0.173 e. The molecule has 1 aliphatic heterocycles. The zero-order valence-electron chi connectivity index (χ0n) is 8.33. The van der Waals surface area contributed by atoms with Crippen molar-refractivity contribution in [3.8, 4) is 0 Å². The Kier molecular flexibility index (Phi) is 4.35. The van der Waals surface area contributed by atoms with Crippen molar-refractivity contribution in [1.29, 1.82) is 0 Å². The lowest BCUT2D eigenvalue weighted by atomic mass is 10.0. The monoisotopic (exact) mass is 259 g/mol. The van der Waals surface area contributed by atoms with E-state index in [0.29, 0.717) is 13.0 Å². The molecule has 0 amide bonds. The Labute approximate surface area is 92.3 Å². The van der Waals surface area contributed by atoms with Crippen LogP contribution in [0.5, 0.6) is 0 Å². The lowest BCUT2D eigenvalue weighted by Gasteiger charge is -2.15. The Morgan fingerprint density at radius 1 is 1.57 bits per heavy atom. The zero-order valence-corrected chi connectivity index (χ0v) is 9.91. The van der Waals surface area contributed by atoms with Gasteiger partial charge in [-0.25, -0.2) is 4.99 Å². The zero-order chi connectivity index (χ0) is 10.6. The summed E-state index contributed by atoms with van der Waals surface area (Å²) in [5.74, 6) is 0. The number of hydrogen-bond acceptors (Lipinski definition) is 3. The summed E-state index contributed by atoms with van der Waals surface area (Å²) >= 11 is 3.39. The van der Waals surface area contributed by atoms with Crippen molar-refractivity contribution in [2.75, 3.05) is 6.61 Å². The third kappa shape index (κ3) is 2.96. The molecule has 0 fully saturated rings. The lowest BCUT2D eigenvalue weighted by Crippen LogP contribution is -2.13. The minimum Gasteiger partial charge on any atom is -0.483 e. The van der Waals surface area contributed by atoms with Gasteiger partial charge in [-0.05, 0) is 40.9 Å². The number of hydrogen-bond donors (Lipinski definition) is 1. The Balaban J connectivity index is 2.98. The summed E-state index contributed by atoms with van der Waals surface area (Å²) in [6.45, 7) is 4.36. The normalized spacial score (nSPS) is 24.3. The van der Waals surface area contributed by atoms with Crippen molar-refractivity contribution in [3.05, 3.63) is 21.8 Å². The number of rotatable bonds is 0. The Bertz CT molecular complexity index is 294. The predicted molar refractivity (Wildman–Crippen MR) is 60.5 cm³/mol. The van der Waals surface area contributed by atoms with Gasteiger partial charge in [0.05, 0.1) is 12.7 Å². The molecule has 14 heavy (non-hydrogen) atoms. The van der Waals surface area contributed by atoms with Gasteiger partial charge in [-0.1, -0.05) is 0 Å². The van der Waals surface area contributed by atoms with E-state index in [1.54, 1.807) is 6.20 Å². The topological polar surface area (TPSA) is 41.8 Å². The first-order valence-corrected chi connectivity index (χ1v) is 5.27. The first kappa shape index (κ1) is 11.5. The van der Waals surface area contributed by atoms with E-state index >= 15 is 0 Å². The van der Waals surface area contributed by atoms with Crippen LogP contribution in [0.2, 0.25) is 0 Å². The van der Waals surface area contributed by atoms with E-state index in [-0.39, 0.29) is 0 Å². The molecule has 1 rings (SSSR count). The van der Waals surface area contributed by atoms with Crippen LogP contribution in [0, 0.1) is 0 Å². The molecule has 0 aromatic heterocycles. The minimum absolute atomic E-state index is 0.442. The summed E-state index contributed by atoms with van der Waals surface area (Å²) in [6, 6.07) is 0. The number of halogens is 1. The molecule has 1 aliphatic rings. The van der Waals surface area contributed by atoms with E-state index in [1.165, 1.54) is 6.40 Å². The van der Waals surface area contributed by atoms with Gasteiger partial charge >= 0.3 is 0 Å². The van der Waals surface area contributed by atoms with Gasteiger partial charge in [0.1, 0.15) is 0 Å². The fourth-order valence-corrected chi connectivity index (χ4v) is 1.55. The van der Waals surface area contributed by atoms with Gasteiger partial charge in [-0.2, -0.15) is 0 Å². The van der Waals surface area contributed by atoms with Gasteiger partial charge in [0, 0.05) is 17.1 Å². The molecule has 0 saturated carbocycles. The molecule has 0 aliphatic carbocycles. The van der Waals surface area contributed by atoms with Gasteiger partial charge in [0.25, 0.3) is 0 Å². The maximum Gasteiger partial charge on any atom is 0.173 e. The largest absolute Gasteiger partial charge is 0.483 e. The first-order valence-electron chi connectivity index (χ1n) is 4.47. The molecule has 1 N–H and O–H groups in total. The second-order valence-corrected chi connectivity index (χ2v) is 4.07. The molecule has 0 bridgehead atoms. The second kappa shape index (κ2) is 5.32. The summed E-state index contributed by atoms with van der Waals surface area (Å²) in [7, 11) is 0. The SMILES string of the molecule is CC1=C(C)C(O)CCOC=NC=C1Br. The molecular formula is C10H14BrNO2. The molecule has 1 atom stereocenters. The highest BCUT2D eigenvalue weighted by Crippen LogP contribution is 2.23. The van der Waals surface area contributed by atoms with Gasteiger partial charge < -0.3 is 9.84 Å². The highest BCUT2D eigenvalue weighted by molar-refractivity contribution is 9.12. The summed E-state index contributed by atoms with van der Waals surface area (Å²) in [5.41, 5.74) is 1.98. The molecular weight excluding hydrogens is 246 g/mol. The quantitative estimate of drug-likeness (QED) is 0.726. The van der Waals surface area contributed by atoms with E-state index < -0.39 is 6.10 Å². The summed E-state index contributed by atoms with van der Waals surface area (Å²) in [5, 5.41) is 9.76. The molecule has 0 aromatic carbocycles. The van der Waals surface area contributed by atoms with Crippen LogP contribution in [0.3, 0.4) is 0 Å². The predicted octanol–water partition coefficient (Wildman–Crippen LogP) is 2.37. The Morgan fingerprint density at radius 3 is 3.00 bits per heavy atom. The van der Waals surface area contributed by atoms with Gasteiger partial charge in [-0.3, -0.25) is 0 Å². The number of ether oxygens (including phenoxy) is 1. The van der Waals surface area contributed by atoms with Crippen molar-refractivity contribution in [2.24, 2.45) is 4.99 Å². The fourth-order valence-electron chi connectivity index (χ4n) is 1.12. The number of aliphatic hydroxyl groups excluding tert-OH is 1. The molecule has 0 saturated heterocycles. The standard InChI is InChI=1S/C10H14BrNO2/c1-7-8(2)10(13)3-4-14-6-12-5-9(7)11/h5-6,10,13H,3-4H2,1-2H3. The highest BCUT2D eigenvalue weighted by atomic mass is 79.9.